The van der Waals surface area contributed by atoms with Gasteiger partial charge < -0.3 is 15.1 Å². The summed E-state index contributed by atoms with van der Waals surface area (Å²) in [5.41, 5.74) is 0.133. The molecule has 0 aliphatic carbocycles. The van der Waals surface area contributed by atoms with Gasteiger partial charge in [-0.25, -0.2) is 0 Å². The van der Waals surface area contributed by atoms with Crippen molar-refractivity contribution in [3.63, 3.8) is 0 Å². The van der Waals surface area contributed by atoms with Gasteiger partial charge in [-0.2, -0.15) is 0 Å². The van der Waals surface area contributed by atoms with Crippen LogP contribution in [0.1, 0.15) is 33.1 Å². The second-order valence-corrected chi connectivity index (χ2v) is 6.39. The predicted octanol–water partition coefficient (Wildman–Crippen LogP) is 0.457. The lowest BCUT2D eigenvalue weighted by molar-refractivity contribution is -0.153. The second-order valence-electron chi connectivity index (χ2n) is 6.39. The number of hydrogen-bond acceptors (Lipinski definition) is 3. The number of nitrogens with one attached hydrogen (secondary N) is 1. The molecule has 0 atom stereocenters. The largest absolute Gasteiger partial charge is 0.334 e. The van der Waals surface area contributed by atoms with Crippen molar-refractivity contribution in [2.24, 2.45) is 5.41 Å². The first-order valence-corrected chi connectivity index (χ1v) is 7.28. The highest BCUT2D eigenvalue weighted by atomic mass is 16.2. The van der Waals surface area contributed by atoms with Crippen molar-refractivity contribution in [1.82, 2.24) is 15.1 Å². The minimum atomic E-state index is -0.318. The fourth-order valence-electron chi connectivity index (χ4n) is 2.92. The normalized spacial score (nSPS) is 23.9. The van der Waals surface area contributed by atoms with Crippen LogP contribution >= 0.6 is 0 Å². The highest BCUT2D eigenvalue weighted by molar-refractivity contribution is 6.34. The summed E-state index contributed by atoms with van der Waals surface area (Å²) in [5, 5.41) is 3.24. The lowest BCUT2D eigenvalue weighted by Crippen LogP contribution is -2.51. The summed E-state index contributed by atoms with van der Waals surface area (Å²) >= 11 is 0. The highest BCUT2D eigenvalue weighted by Crippen LogP contribution is 2.28. The van der Waals surface area contributed by atoms with Gasteiger partial charge in [0.05, 0.1) is 0 Å². The molecule has 1 N–H and O–H groups in total. The molecule has 2 aliphatic rings. The zero-order valence-corrected chi connectivity index (χ0v) is 12.1. The summed E-state index contributed by atoms with van der Waals surface area (Å²) in [6, 6.07) is 0. The quantitative estimate of drug-likeness (QED) is 0.649. The van der Waals surface area contributed by atoms with Crippen LogP contribution < -0.4 is 5.32 Å². The summed E-state index contributed by atoms with van der Waals surface area (Å²) in [6.45, 7) is 8.78. The van der Waals surface area contributed by atoms with Gasteiger partial charge in [-0.15, -0.1) is 0 Å². The fraction of sp³-hybridized carbons (Fsp3) is 0.857. The molecule has 0 aromatic heterocycles. The van der Waals surface area contributed by atoms with Gasteiger partial charge >= 0.3 is 11.8 Å². The molecule has 0 bridgehead atoms. The molecule has 2 saturated heterocycles. The lowest BCUT2D eigenvalue weighted by atomic mass is 9.84. The molecule has 5 nitrogen and oxygen atoms in total. The molecule has 2 heterocycles. The van der Waals surface area contributed by atoms with Crippen LogP contribution in [-0.2, 0) is 9.59 Å². The molecule has 0 unspecified atom stereocenters. The topological polar surface area (TPSA) is 52.7 Å². The van der Waals surface area contributed by atoms with E-state index in [0.717, 1.165) is 38.9 Å². The van der Waals surface area contributed by atoms with Crippen LogP contribution in [0.4, 0.5) is 0 Å². The van der Waals surface area contributed by atoms with E-state index in [1.54, 1.807) is 9.80 Å². The van der Waals surface area contributed by atoms with Crippen LogP contribution in [0.3, 0.4) is 0 Å². The Labute approximate surface area is 115 Å². The van der Waals surface area contributed by atoms with Gasteiger partial charge in [0.1, 0.15) is 0 Å². The van der Waals surface area contributed by atoms with Crippen molar-refractivity contribution in [3.8, 4) is 0 Å². The highest BCUT2D eigenvalue weighted by Gasteiger charge is 2.33. The Morgan fingerprint density at radius 1 is 0.947 bits per heavy atom. The van der Waals surface area contributed by atoms with E-state index < -0.39 is 0 Å². The van der Waals surface area contributed by atoms with Crippen LogP contribution in [0.2, 0.25) is 0 Å². The Bertz CT molecular complexity index is 347. The Morgan fingerprint density at radius 2 is 1.63 bits per heavy atom. The number of amides is 2. The van der Waals surface area contributed by atoms with Crippen molar-refractivity contribution in [2.75, 3.05) is 39.3 Å². The summed E-state index contributed by atoms with van der Waals surface area (Å²) in [6.07, 6.45) is 3.04. The van der Waals surface area contributed by atoms with Gasteiger partial charge in [-0.05, 0) is 31.2 Å². The van der Waals surface area contributed by atoms with E-state index >= 15 is 0 Å². The van der Waals surface area contributed by atoms with Crippen molar-refractivity contribution in [3.05, 3.63) is 0 Å². The van der Waals surface area contributed by atoms with Crippen molar-refractivity contribution in [2.45, 2.75) is 33.1 Å². The molecule has 0 aromatic carbocycles. The molecule has 19 heavy (non-hydrogen) atoms. The van der Waals surface area contributed by atoms with Crippen molar-refractivity contribution < 1.29 is 9.59 Å². The van der Waals surface area contributed by atoms with Gasteiger partial charge in [0.25, 0.3) is 0 Å². The predicted molar refractivity (Wildman–Crippen MR) is 73.7 cm³/mol. The maximum absolute atomic E-state index is 12.3. The van der Waals surface area contributed by atoms with E-state index in [1.165, 1.54) is 0 Å². The number of hydrogen-bond donors (Lipinski definition) is 1. The number of carbonyl (C=O) groups excluding carboxylic acids is 2. The average molecular weight is 267 g/mol. The van der Waals surface area contributed by atoms with Gasteiger partial charge in [-0.1, -0.05) is 13.8 Å². The number of piperidine rings is 1. The maximum Gasteiger partial charge on any atom is 0.312 e. The molecular formula is C14H25N3O2. The molecule has 0 aromatic rings. The standard InChI is InChI=1S/C14H25N3O2/c1-14(2)5-3-8-17(11-14)13(19)12(18)16-9-4-6-15-7-10-16/h15H,3-11H2,1-2H3. The summed E-state index contributed by atoms with van der Waals surface area (Å²) in [5.74, 6) is -0.629. The molecule has 0 saturated carbocycles. The Morgan fingerprint density at radius 3 is 2.37 bits per heavy atom. The van der Waals surface area contributed by atoms with E-state index in [2.05, 4.69) is 19.2 Å². The van der Waals surface area contributed by atoms with E-state index in [0.29, 0.717) is 19.6 Å². The molecule has 5 heteroatoms. The number of carbonyl (C=O) groups is 2. The van der Waals surface area contributed by atoms with E-state index in [1.807, 2.05) is 0 Å². The first kappa shape index (κ1) is 14.3. The van der Waals surface area contributed by atoms with Gasteiger partial charge in [0.15, 0.2) is 0 Å². The molecule has 2 rings (SSSR count). The molecule has 2 amide bonds. The summed E-state index contributed by atoms with van der Waals surface area (Å²) in [7, 11) is 0. The number of rotatable bonds is 0. The molecule has 108 valence electrons. The molecule has 2 fully saturated rings. The van der Waals surface area contributed by atoms with E-state index in [9.17, 15) is 9.59 Å². The molecule has 0 radical (unpaired) electrons. The zero-order valence-electron chi connectivity index (χ0n) is 12.1. The van der Waals surface area contributed by atoms with Crippen LogP contribution in [0.25, 0.3) is 0 Å². The van der Waals surface area contributed by atoms with Crippen LogP contribution in [0, 0.1) is 5.41 Å². The third kappa shape index (κ3) is 3.69. The van der Waals surface area contributed by atoms with Gasteiger partial charge in [-0.3, -0.25) is 9.59 Å². The Kier molecular flexibility index (Phi) is 4.45. The van der Waals surface area contributed by atoms with E-state index in [4.69, 9.17) is 0 Å². The van der Waals surface area contributed by atoms with Crippen molar-refractivity contribution in [1.29, 1.82) is 0 Å². The maximum atomic E-state index is 12.3. The second kappa shape index (κ2) is 5.90. The first-order valence-electron chi connectivity index (χ1n) is 7.28. The van der Waals surface area contributed by atoms with Crippen molar-refractivity contribution >= 4 is 11.8 Å². The van der Waals surface area contributed by atoms with Gasteiger partial charge in [0.2, 0.25) is 0 Å². The zero-order chi connectivity index (χ0) is 13.9. The molecule has 0 spiro atoms. The van der Waals surface area contributed by atoms with Gasteiger partial charge in [0, 0.05) is 32.7 Å². The van der Waals surface area contributed by atoms with E-state index in [-0.39, 0.29) is 17.2 Å². The SMILES string of the molecule is CC1(C)CCCN(C(=O)C(=O)N2CCCNCC2)C1. The Hall–Kier alpha value is -1.10. The number of likely N-dealkylation sites (tertiary alicyclic amines) is 1. The molecule has 2 aliphatic heterocycles. The van der Waals surface area contributed by atoms with Crippen LogP contribution in [0.5, 0.6) is 0 Å². The van der Waals surface area contributed by atoms with Crippen LogP contribution in [-0.4, -0.2) is 60.9 Å². The lowest BCUT2D eigenvalue weighted by Gasteiger charge is -2.38. The first-order chi connectivity index (χ1) is 8.99. The third-order valence-electron chi connectivity index (χ3n) is 4.00. The summed E-state index contributed by atoms with van der Waals surface area (Å²) in [4.78, 5) is 28.0. The minimum absolute atomic E-state index is 0.133. The smallest absolute Gasteiger partial charge is 0.312 e. The minimum Gasteiger partial charge on any atom is -0.334 e. The Balaban J connectivity index is 1.96. The monoisotopic (exact) mass is 267 g/mol. The average Bonchev–Trinajstić information content (AvgIpc) is 2.64. The fourth-order valence-corrected chi connectivity index (χ4v) is 2.92. The summed E-state index contributed by atoms with van der Waals surface area (Å²) < 4.78 is 0. The third-order valence-corrected chi connectivity index (χ3v) is 4.00. The van der Waals surface area contributed by atoms with Crippen LogP contribution in [0.15, 0.2) is 0 Å². The number of nitrogens with zero attached hydrogens (tertiary/aromatic N) is 2. The molecular weight excluding hydrogens is 242 g/mol.